The van der Waals surface area contributed by atoms with Gasteiger partial charge < -0.3 is 39.6 Å². The minimum Gasteiger partial charge on any atom is -0.811 e. The summed E-state index contributed by atoms with van der Waals surface area (Å²) in [6.45, 7) is 0. The lowest BCUT2D eigenvalue weighted by atomic mass is 10.1. The molecule has 0 spiro atoms. The SMILES string of the molecule is O=C([O-])C(O)C(O)C(O)CP(=O)([O-])[O-]. The molecule has 0 fully saturated rings. The molecule has 0 bridgehead atoms. The maximum atomic E-state index is 10.1. The van der Waals surface area contributed by atoms with Gasteiger partial charge in [0.15, 0.2) is 0 Å². The van der Waals surface area contributed by atoms with Crippen molar-refractivity contribution in [1.82, 2.24) is 0 Å². The molecule has 0 aliphatic rings. The van der Waals surface area contributed by atoms with Crippen molar-refractivity contribution in [2.45, 2.75) is 18.3 Å². The van der Waals surface area contributed by atoms with Crippen molar-refractivity contribution in [3.63, 3.8) is 0 Å². The van der Waals surface area contributed by atoms with E-state index in [9.17, 15) is 24.3 Å². The number of hydrogen-bond donors (Lipinski definition) is 3. The molecule has 3 N–H and O–H groups in total. The van der Waals surface area contributed by atoms with Crippen LogP contribution in [0, 0.1) is 0 Å². The topological polar surface area (TPSA) is 164 Å². The van der Waals surface area contributed by atoms with Gasteiger partial charge in [-0.25, -0.2) is 0 Å². The Balaban J connectivity index is 4.32. The van der Waals surface area contributed by atoms with Gasteiger partial charge in [-0.2, -0.15) is 0 Å². The Labute approximate surface area is 78.6 Å². The van der Waals surface area contributed by atoms with E-state index in [0.29, 0.717) is 0 Å². The second kappa shape index (κ2) is 4.83. The molecule has 84 valence electrons. The van der Waals surface area contributed by atoms with Crippen LogP contribution in [-0.4, -0.2) is 45.8 Å². The molecule has 0 heterocycles. The smallest absolute Gasteiger partial charge is 0.122 e. The zero-order chi connectivity index (χ0) is 11.5. The van der Waals surface area contributed by atoms with Crippen LogP contribution in [0.5, 0.6) is 0 Å². The largest absolute Gasteiger partial charge is 0.811 e. The van der Waals surface area contributed by atoms with Crippen LogP contribution < -0.4 is 14.9 Å². The number of carboxylic acid groups (broad SMARTS) is 1. The van der Waals surface area contributed by atoms with Crippen molar-refractivity contribution in [3.05, 3.63) is 0 Å². The molecule has 0 aliphatic carbocycles. The first-order valence-corrected chi connectivity index (χ1v) is 5.14. The zero-order valence-corrected chi connectivity index (χ0v) is 7.66. The molecule has 0 aromatic carbocycles. The molecule has 14 heavy (non-hydrogen) atoms. The summed E-state index contributed by atoms with van der Waals surface area (Å²) in [7, 11) is -5.08. The lowest BCUT2D eigenvalue weighted by Gasteiger charge is -2.34. The summed E-state index contributed by atoms with van der Waals surface area (Å²) in [5, 5.41) is 36.1. The fourth-order valence-electron chi connectivity index (χ4n) is 0.687. The van der Waals surface area contributed by atoms with Crippen LogP contribution in [0.1, 0.15) is 0 Å². The molecule has 0 saturated carbocycles. The normalized spacial score (nSPS) is 18.6. The van der Waals surface area contributed by atoms with E-state index in [4.69, 9.17) is 15.3 Å². The second-order valence-electron chi connectivity index (χ2n) is 2.62. The van der Waals surface area contributed by atoms with E-state index in [2.05, 4.69) is 0 Å². The number of rotatable bonds is 5. The molecule has 0 rings (SSSR count). The number of aliphatic carboxylic acids is 1. The minimum absolute atomic E-state index is 1.36. The lowest BCUT2D eigenvalue weighted by Crippen LogP contribution is -2.50. The van der Waals surface area contributed by atoms with E-state index in [1.807, 2.05) is 0 Å². The number of hydrogen-bond acceptors (Lipinski definition) is 8. The van der Waals surface area contributed by atoms with Crippen LogP contribution in [0.4, 0.5) is 0 Å². The van der Waals surface area contributed by atoms with Gasteiger partial charge in [0, 0.05) is 6.16 Å². The van der Waals surface area contributed by atoms with E-state index >= 15 is 0 Å². The number of aliphatic hydroxyl groups is 3. The van der Waals surface area contributed by atoms with Crippen molar-refractivity contribution in [3.8, 4) is 0 Å². The molecule has 0 amide bonds. The first-order valence-electron chi connectivity index (χ1n) is 3.41. The molecule has 9 heteroatoms. The Morgan fingerprint density at radius 3 is 2.00 bits per heavy atom. The van der Waals surface area contributed by atoms with Gasteiger partial charge in [0.25, 0.3) is 0 Å². The summed E-state index contributed by atoms with van der Waals surface area (Å²) < 4.78 is 10.1. The predicted octanol–water partition coefficient (Wildman–Crippen LogP) is -5.27. The summed E-state index contributed by atoms with van der Waals surface area (Å²) in [4.78, 5) is 30.1. The Hall–Kier alpha value is -0.500. The second-order valence-corrected chi connectivity index (χ2v) is 4.20. The Morgan fingerprint density at radius 1 is 1.29 bits per heavy atom. The van der Waals surface area contributed by atoms with Crippen molar-refractivity contribution in [2.24, 2.45) is 0 Å². The van der Waals surface area contributed by atoms with Crippen LogP contribution in [0.15, 0.2) is 0 Å². The molecule has 0 aromatic rings. The van der Waals surface area contributed by atoms with E-state index in [1.54, 1.807) is 0 Å². The average molecular weight is 227 g/mol. The van der Waals surface area contributed by atoms with Crippen molar-refractivity contribution < 1.29 is 39.6 Å². The van der Waals surface area contributed by atoms with Crippen LogP contribution >= 0.6 is 7.60 Å². The van der Waals surface area contributed by atoms with Gasteiger partial charge in [0.05, 0.1) is 12.1 Å². The highest BCUT2D eigenvalue weighted by Gasteiger charge is 2.25. The van der Waals surface area contributed by atoms with Gasteiger partial charge in [0.2, 0.25) is 0 Å². The van der Waals surface area contributed by atoms with Gasteiger partial charge in [-0.3, -0.25) is 0 Å². The standard InChI is InChI=1S/C5H11O8P/c6-2(1-14(11,12)13)3(7)4(8)5(9)10/h2-4,6-8H,1H2,(H,9,10)(H2,11,12,13)/p-3. The third-order valence-corrected chi connectivity index (χ3v) is 2.19. The Kier molecular flexibility index (Phi) is 4.66. The lowest BCUT2D eigenvalue weighted by molar-refractivity contribution is -0.322. The molecule has 3 unspecified atom stereocenters. The first kappa shape index (κ1) is 13.5. The van der Waals surface area contributed by atoms with Crippen molar-refractivity contribution >= 4 is 13.6 Å². The average Bonchev–Trinajstić information content (AvgIpc) is 1.98. The molecular weight excluding hydrogens is 219 g/mol. The van der Waals surface area contributed by atoms with Crippen LogP contribution in [0.3, 0.4) is 0 Å². The number of carboxylic acids is 1. The highest BCUT2D eigenvalue weighted by atomic mass is 31.2. The Morgan fingerprint density at radius 2 is 1.71 bits per heavy atom. The summed E-state index contributed by atoms with van der Waals surface area (Å²) in [5.74, 6) is -2.08. The van der Waals surface area contributed by atoms with Crippen LogP contribution in [0.2, 0.25) is 0 Å². The first-order chi connectivity index (χ1) is 6.15. The summed E-state index contributed by atoms with van der Waals surface area (Å²) in [6, 6.07) is 0. The minimum atomic E-state index is -5.08. The third kappa shape index (κ3) is 4.66. The maximum absolute atomic E-state index is 10.1. The Bertz CT molecular complexity index is 246. The number of carbonyl (C=O) groups excluding carboxylic acids is 1. The molecule has 0 saturated heterocycles. The quantitative estimate of drug-likeness (QED) is 0.392. The monoisotopic (exact) mass is 227 g/mol. The molecule has 0 radical (unpaired) electrons. The molecule has 3 atom stereocenters. The predicted molar refractivity (Wildman–Crippen MR) is 35.5 cm³/mol. The fraction of sp³-hybridized carbons (Fsp3) is 0.800. The fourth-order valence-corrected chi connectivity index (χ4v) is 1.36. The van der Waals surface area contributed by atoms with Gasteiger partial charge in [0.1, 0.15) is 12.2 Å². The highest BCUT2D eigenvalue weighted by Crippen LogP contribution is 2.25. The third-order valence-electron chi connectivity index (χ3n) is 1.37. The summed E-state index contributed by atoms with van der Waals surface area (Å²) in [5.41, 5.74) is 0. The van der Waals surface area contributed by atoms with Crippen molar-refractivity contribution in [2.75, 3.05) is 6.16 Å². The summed E-state index contributed by atoms with van der Waals surface area (Å²) >= 11 is 0. The number of carbonyl (C=O) groups is 1. The van der Waals surface area contributed by atoms with E-state index in [-0.39, 0.29) is 0 Å². The molecule has 0 aromatic heterocycles. The van der Waals surface area contributed by atoms with Gasteiger partial charge in [-0.05, 0) is 0 Å². The summed E-state index contributed by atoms with van der Waals surface area (Å²) in [6.07, 6.45) is -8.25. The van der Waals surface area contributed by atoms with Crippen LogP contribution in [0.25, 0.3) is 0 Å². The molecule has 8 nitrogen and oxygen atoms in total. The van der Waals surface area contributed by atoms with Gasteiger partial charge >= 0.3 is 0 Å². The number of aliphatic hydroxyl groups excluding tert-OH is 3. The zero-order valence-electron chi connectivity index (χ0n) is 6.77. The highest BCUT2D eigenvalue weighted by molar-refractivity contribution is 7.48. The van der Waals surface area contributed by atoms with E-state index in [1.165, 1.54) is 0 Å². The van der Waals surface area contributed by atoms with E-state index in [0.717, 1.165) is 0 Å². The van der Waals surface area contributed by atoms with Gasteiger partial charge in [-0.1, -0.05) is 7.60 Å². The molecular formula is C5H8O8P-3. The van der Waals surface area contributed by atoms with Crippen molar-refractivity contribution in [1.29, 1.82) is 0 Å². The van der Waals surface area contributed by atoms with Crippen LogP contribution in [-0.2, 0) is 9.36 Å². The van der Waals surface area contributed by atoms with E-state index < -0.39 is 38.0 Å². The van der Waals surface area contributed by atoms with Gasteiger partial charge in [-0.15, -0.1) is 0 Å². The molecule has 0 aliphatic heterocycles. The maximum Gasteiger partial charge on any atom is 0.122 e.